The van der Waals surface area contributed by atoms with Gasteiger partial charge in [0.2, 0.25) is 11.0 Å². The molecule has 0 aliphatic rings. The van der Waals surface area contributed by atoms with Crippen LogP contribution in [0.3, 0.4) is 0 Å². The van der Waals surface area contributed by atoms with Crippen LogP contribution in [0.1, 0.15) is 37.8 Å². The van der Waals surface area contributed by atoms with Crippen molar-refractivity contribution < 1.29 is 4.79 Å². The Morgan fingerprint density at radius 1 is 1.36 bits per heavy atom. The number of thioether (sulfide) groups is 1. The second-order valence-corrected chi connectivity index (χ2v) is 8.55. The molecule has 0 fully saturated rings. The Morgan fingerprint density at radius 2 is 2.12 bits per heavy atom. The van der Waals surface area contributed by atoms with Crippen LogP contribution >= 0.6 is 23.1 Å². The van der Waals surface area contributed by atoms with Crippen LogP contribution in [-0.2, 0) is 4.79 Å². The first kappa shape index (κ1) is 19.5. The lowest BCUT2D eigenvalue weighted by Crippen LogP contribution is -2.23. The van der Waals surface area contributed by atoms with Crippen molar-refractivity contribution in [1.82, 2.24) is 10.2 Å². The number of hydrogen-bond donors (Lipinski definition) is 2. The Balaban J connectivity index is 2.03. The topological polar surface area (TPSA) is 66.9 Å². The Labute approximate surface area is 157 Å². The summed E-state index contributed by atoms with van der Waals surface area (Å²) in [5, 5.41) is 14.8. The maximum Gasteiger partial charge on any atom is 0.237 e. The molecule has 0 aliphatic carbocycles. The quantitative estimate of drug-likeness (QED) is 0.517. The smallest absolute Gasteiger partial charge is 0.237 e. The predicted molar refractivity (Wildman–Crippen MR) is 108 cm³/mol. The molecule has 2 N–H and O–H groups in total. The number of aromatic nitrogens is 2. The summed E-state index contributed by atoms with van der Waals surface area (Å²) in [6.45, 7) is 12.4. The molecule has 0 unspecified atom stereocenters. The number of carbonyl (C=O) groups is 1. The zero-order chi connectivity index (χ0) is 18.4. The molecule has 0 saturated carbocycles. The van der Waals surface area contributed by atoms with E-state index < -0.39 is 0 Å². The summed E-state index contributed by atoms with van der Waals surface area (Å²) in [5.74, 6) is 0.316. The van der Waals surface area contributed by atoms with Crippen molar-refractivity contribution in [2.24, 2.45) is 0 Å². The fourth-order valence-electron chi connectivity index (χ4n) is 2.26. The van der Waals surface area contributed by atoms with Crippen molar-refractivity contribution in [3.05, 3.63) is 42.0 Å². The second-order valence-electron chi connectivity index (χ2n) is 5.99. The van der Waals surface area contributed by atoms with Crippen LogP contribution < -0.4 is 10.6 Å². The van der Waals surface area contributed by atoms with E-state index in [4.69, 9.17) is 0 Å². The van der Waals surface area contributed by atoms with E-state index in [-0.39, 0.29) is 11.2 Å². The van der Waals surface area contributed by atoms with Crippen molar-refractivity contribution in [2.45, 2.75) is 43.2 Å². The average Bonchev–Trinajstić information content (AvgIpc) is 3.01. The van der Waals surface area contributed by atoms with Crippen molar-refractivity contribution in [1.29, 1.82) is 0 Å². The summed E-state index contributed by atoms with van der Waals surface area (Å²) in [7, 11) is 0. The fourth-order valence-corrected chi connectivity index (χ4v) is 4.16. The van der Waals surface area contributed by atoms with Crippen LogP contribution in [0.5, 0.6) is 0 Å². The minimum Gasteiger partial charge on any atom is -0.357 e. The summed E-state index contributed by atoms with van der Waals surface area (Å²) in [5.41, 5.74) is 3.14. The number of anilines is 2. The van der Waals surface area contributed by atoms with Crippen LogP contribution in [-0.4, -0.2) is 27.9 Å². The van der Waals surface area contributed by atoms with E-state index in [0.29, 0.717) is 12.5 Å². The van der Waals surface area contributed by atoms with Crippen LogP contribution in [0.2, 0.25) is 0 Å². The number of nitrogens with one attached hydrogen (secondary N) is 2. The predicted octanol–water partition coefficient (Wildman–Crippen LogP) is 4.69. The number of amides is 1. The first-order chi connectivity index (χ1) is 11.9. The van der Waals surface area contributed by atoms with Gasteiger partial charge < -0.3 is 10.6 Å². The number of aryl methyl sites for hydroxylation is 1. The lowest BCUT2D eigenvalue weighted by atomic mass is 9.98. The zero-order valence-electron chi connectivity index (χ0n) is 15.0. The van der Waals surface area contributed by atoms with E-state index in [1.807, 2.05) is 26.0 Å². The molecule has 0 aliphatic heterocycles. The normalized spacial score (nSPS) is 12.0. The molecule has 1 aromatic heterocycles. The molecule has 7 heteroatoms. The summed E-state index contributed by atoms with van der Waals surface area (Å²) < 4.78 is 0.767. The number of rotatable bonds is 8. The third-order valence-corrected chi connectivity index (χ3v) is 5.69. The highest BCUT2D eigenvalue weighted by molar-refractivity contribution is 8.02. The van der Waals surface area contributed by atoms with Gasteiger partial charge in [0.25, 0.3) is 0 Å². The van der Waals surface area contributed by atoms with E-state index in [1.54, 1.807) is 6.08 Å². The molecule has 2 aromatic rings. The summed E-state index contributed by atoms with van der Waals surface area (Å²) >= 11 is 2.85. The second kappa shape index (κ2) is 9.01. The van der Waals surface area contributed by atoms with Gasteiger partial charge in [-0.3, -0.25) is 4.79 Å². The van der Waals surface area contributed by atoms with E-state index in [2.05, 4.69) is 47.3 Å². The molecule has 0 spiro atoms. The molecule has 2 rings (SSSR count). The molecule has 5 nitrogen and oxygen atoms in total. The summed E-state index contributed by atoms with van der Waals surface area (Å²) in [4.78, 5) is 12.6. The molecule has 25 heavy (non-hydrogen) atoms. The van der Waals surface area contributed by atoms with Crippen molar-refractivity contribution in [2.75, 3.05) is 17.2 Å². The lowest BCUT2D eigenvalue weighted by Gasteiger charge is -2.18. The molecular weight excluding hydrogens is 352 g/mol. The van der Waals surface area contributed by atoms with E-state index in [1.165, 1.54) is 23.1 Å². The van der Waals surface area contributed by atoms with Gasteiger partial charge in [-0.25, -0.2) is 0 Å². The summed E-state index contributed by atoms with van der Waals surface area (Å²) in [6.07, 6.45) is 1.76. The van der Waals surface area contributed by atoms with Crippen molar-refractivity contribution >= 4 is 39.8 Å². The first-order valence-corrected chi connectivity index (χ1v) is 9.87. The minimum atomic E-state index is -0.264. The Bertz CT molecular complexity index is 742. The largest absolute Gasteiger partial charge is 0.357 e. The molecule has 1 heterocycles. The molecule has 1 atom stereocenters. The molecule has 1 aromatic carbocycles. The van der Waals surface area contributed by atoms with Gasteiger partial charge in [0, 0.05) is 12.2 Å². The molecular formula is C18H24N4OS2. The minimum absolute atomic E-state index is 0.0306. The highest BCUT2D eigenvalue weighted by Crippen LogP contribution is 2.31. The molecule has 1 amide bonds. The highest BCUT2D eigenvalue weighted by Gasteiger charge is 2.19. The number of nitrogens with zero attached hydrogens (tertiary/aromatic N) is 2. The Kier molecular flexibility index (Phi) is 7.01. The van der Waals surface area contributed by atoms with Gasteiger partial charge in [0.05, 0.1) is 5.25 Å². The van der Waals surface area contributed by atoms with Gasteiger partial charge in [-0.15, -0.1) is 16.8 Å². The third-order valence-electron chi connectivity index (χ3n) is 3.63. The Morgan fingerprint density at radius 3 is 2.80 bits per heavy atom. The molecule has 0 saturated heterocycles. The number of para-hydroxylation sites is 1. The van der Waals surface area contributed by atoms with Crippen LogP contribution in [0.4, 0.5) is 10.8 Å². The Hall–Kier alpha value is -1.86. The number of benzene rings is 1. The van der Waals surface area contributed by atoms with Gasteiger partial charge in [0.1, 0.15) is 0 Å². The number of carbonyl (C=O) groups excluding carboxylic acids is 1. The fraction of sp³-hybridized carbons (Fsp3) is 0.389. The van der Waals surface area contributed by atoms with Gasteiger partial charge >= 0.3 is 0 Å². The van der Waals surface area contributed by atoms with E-state index in [9.17, 15) is 4.79 Å². The van der Waals surface area contributed by atoms with Gasteiger partial charge in [0.15, 0.2) is 4.34 Å². The monoisotopic (exact) mass is 376 g/mol. The van der Waals surface area contributed by atoms with Gasteiger partial charge in [-0.05, 0) is 30.9 Å². The number of hydrogen-bond acceptors (Lipinski definition) is 6. The molecule has 0 radical (unpaired) electrons. The summed E-state index contributed by atoms with van der Waals surface area (Å²) in [6, 6.07) is 6.10. The maximum atomic E-state index is 12.6. The van der Waals surface area contributed by atoms with Crippen molar-refractivity contribution in [3.8, 4) is 0 Å². The van der Waals surface area contributed by atoms with E-state index >= 15 is 0 Å². The first-order valence-electron chi connectivity index (χ1n) is 8.17. The van der Waals surface area contributed by atoms with E-state index in [0.717, 1.165) is 26.3 Å². The van der Waals surface area contributed by atoms with Crippen LogP contribution in [0.25, 0.3) is 0 Å². The molecule has 0 bridgehead atoms. The standard InChI is InChI=1S/C18H24N4OS2/c1-6-10-19-17-21-22-18(25-17)24-13(5)16(23)20-15-12(4)8-7-9-14(15)11(2)3/h6-9,11,13H,1,10H2,2-5H3,(H,19,21)(H,20,23)/t13-/m1/s1. The lowest BCUT2D eigenvalue weighted by molar-refractivity contribution is -0.115. The average molecular weight is 377 g/mol. The van der Waals surface area contributed by atoms with Crippen LogP contribution in [0, 0.1) is 6.92 Å². The van der Waals surface area contributed by atoms with Gasteiger partial charge in [-0.2, -0.15) is 0 Å². The third kappa shape index (κ3) is 5.31. The zero-order valence-corrected chi connectivity index (χ0v) is 16.6. The van der Waals surface area contributed by atoms with Crippen LogP contribution in [0.15, 0.2) is 35.2 Å². The molecule has 134 valence electrons. The SMILES string of the molecule is C=CCNc1nnc(S[C@H](C)C(=O)Nc2c(C)cccc2C(C)C)s1. The maximum absolute atomic E-state index is 12.6. The van der Waals surface area contributed by atoms with Crippen molar-refractivity contribution in [3.63, 3.8) is 0 Å². The highest BCUT2D eigenvalue weighted by atomic mass is 32.2. The van der Waals surface area contributed by atoms with Gasteiger partial charge in [-0.1, -0.05) is 61.2 Å².